The Balaban J connectivity index is 2.02. The highest BCUT2D eigenvalue weighted by atomic mass is 79.9. The van der Waals surface area contributed by atoms with Crippen molar-refractivity contribution in [2.75, 3.05) is 7.11 Å². The number of imidazole rings is 1. The molecule has 1 heterocycles. The summed E-state index contributed by atoms with van der Waals surface area (Å²) in [6.07, 6.45) is 0. The van der Waals surface area contributed by atoms with Crippen LogP contribution in [0.15, 0.2) is 53.3 Å². The van der Waals surface area contributed by atoms with Crippen molar-refractivity contribution in [3.05, 3.63) is 58.8 Å². The SMILES string of the molecule is COc1cccc(Cn2c(Br)nc3ccccc32)c1. The predicted octanol–water partition coefficient (Wildman–Crippen LogP) is 3.86. The molecule has 0 atom stereocenters. The molecule has 4 heteroatoms. The molecule has 0 amide bonds. The summed E-state index contributed by atoms with van der Waals surface area (Å²) < 4.78 is 8.24. The Hall–Kier alpha value is -1.81. The quantitative estimate of drug-likeness (QED) is 0.733. The van der Waals surface area contributed by atoms with E-state index in [0.717, 1.165) is 28.1 Å². The van der Waals surface area contributed by atoms with Crippen LogP contribution < -0.4 is 4.74 Å². The molecule has 0 unspecified atom stereocenters. The van der Waals surface area contributed by atoms with Crippen molar-refractivity contribution in [3.63, 3.8) is 0 Å². The van der Waals surface area contributed by atoms with Gasteiger partial charge in [0.2, 0.25) is 0 Å². The van der Waals surface area contributed by atoms with Gasteiger partial charge in [-0.2, -0.15) is 0 Å². The van der Waals surface area contributed by atoms with E-state index in [4.69, 9.17) is 4.74 Å². The van der Waals surface area contributed by atoms with Gasteiger partial charge in [0, 0.05) is 0 Å². The molecule has 0 radical (unpaired) electrons. The fraction of sp³-hybridized carbons (Fsp3) is 0.133. The molecule has 0 aliphatic carbocycles. The zero-order valence-corrected chi connectivity index (χ0v) is 12.1. The van der Waals surface area contributed by atoms with Crippen molar-refractivity contribution in [3.8, 4) is 5.75 Å². The van der Waals surface area contributed by atoms with Gasteiger partial charge in [-0.3, -0.25) is 0 Å². The number of ether oxygens (including phenoxy) is 1. The lowest BCUT2D eigenvalue weighted by atomic mass is 10.2. The molecule has 19 heavy (non-hydrogen) atoms. The zero-order valence-electron chi connectivity index (χ0n) is 10.5. The van der Waals surface area contributed by atoms with E-state index in [1.165, 1.54) is 5.56 Å². The largest absolute Gasteiger partial charge is 0.497 e. The molecular weight excluding hydrogens is 304 g/mol. The van der Waals surface area contributed by atoms with Gasteiger partial charge in [-0.05, 0) is 45.8 Å². The van der Waals surface area contributed by atoms with E-state index in [1.807, 2.05) is 36.4 Å². The van der Waals surface area contributed by atoms with Gasteiger partial charge in [-0.15, -0.1) is 0 Å². The lowest BCUT2D eigenvalue weighted by molar-refractivity contribution is 0.414. The maximum atomic E-state index is 5.26. The lowest BCUT2D eigenvalue weighted by Gasteiger charge is -2.07. The second-order valence-electron chi connectivity index (χ2n) is 4.31. The second kappa shape index (κ2) is 5.05. The molecule has 3 nitrogen and oxygen atoms in total. The van der Waals surface area contributed by atoms with E-state index in [1.54, 1.807) is 7.11 Å². The monoisotopic (exact) mass is 316 g/mol. The Morgan fingerprint density at radius 1 is 1.16 bits per heavy atom. The van der Waals surface area contributed by atoms with Crippen LogP contribution in [0.3, 0.4) is 0 Å². The number of nitrogens with zero attached hydrogens (tertiary/aromatic N) is 2. The Kier molecular flexibility index (Phi) is 3.25. The second-order valence-corrected chi connectivity index (χ2v) is 5.02. The first-order valence-corrected chi connectivity index (χ1v) is 6.81. The van der Waals surface area contributed by atoms with Crippen LogP contribution in [0.2, 0.25) is 0 Å². The number of aromatic nitrogens is 2. The maximum absolute atomic E-state index is 5.26. The lowest BCUT2D eigenvalue weighted by Crippen LogP contribution is -2.00. The van der Waals surface area contributed by atoms with Crippen LogP contribution in [-0.4, -0.2) is 16.7 Å². The third-order valence-corrected chi connectivity index (χ3v) is 3.69. The topological polar surface area (TPSA) is 27.1 Å². The first kappa shape index (κ1) is 12.2. The van der Waals surface area contributed by atoms with E-state index in [-0.39, 0.29) is 0 Å². The minimum absolute atomic E-state index is 0.762. The molecule has 0 saturated heterocycles. The molecule has 2 aromatic carbocycles. The van der Waals surface area contributed by atoms with Gasteiger partial charge in [0.1, 0.15) is 5.75 Å². The molecule has 0 bridgehead atoms. The number of benzene rings is 2. The summed E-state index contributed by atoms with van der Waals surface area (Å²) in [7, 11) is 1.68. The number of fused-ring (bicyclic) bond motifs is 1. The van der Waals surface area contributed by atoms with E-state index in [0.29, 0.717) is 0 Å². The average molecular weight is 317 g/mol. The molecule has 3 aromatic rings. The number of methoxy groups -OCH3 is 1. The van der Waals surface area contributed by atoms with Crippen molar-refractivity contribution >= 4 is 27.0 Å². The van der Waals surface area contributed by atoms with E-state index in [2.05, 4.69) is 37.6 Å². The van der Waals surface area contributed by atoms with Crippen LogP contribution in [0, 0.1) is 0 Å². The summed E-state index contributed by atoms with van der Waals surface area (Å²) in [6.45, 7) is 0.762. The molecule has 0 aliphatic rings. The first-order chi connectivity index (χ1) is 9.28. The van der Waals surface area contributed by atoms with Crippen LogP contribution in [0.25, 0.3) is 11.0 Å². The van der Waals surface area contributed by atoms with Gasteiger partial charge in [0.25, 0.3) is 0 Å². The van der Waals surface area contributed by atoms with Crippen LogP contribution in [-0.2, 0) is 6.54 Å². The summed E-state index contributed by atoms with van der Waals surface area (Å²) in [5.41, 5.74) is 3.30. The zero-order chi connectivity index (χ0) is 13.2. The maximum Gasteiger partial charge on any atom is 0.178 e. The molecule has 0 spiro atoms. The minimum Gasteiger partial charge on any atom is -0.497 e. The first-order valence-electron chi connectivity index (χ1n) is 6.01. The van der Waals surface area contributed by atoms with E-state index in [9.17, 15) is 0 Å². The Morgan fingerprint density at radius 3 is 2.84 bits per heavy atom. The molecule has 0 aliphatic heterocycles. The number of halogens is 1. The van der Waals surface area contributed by atoms with E-state index < -0.39 is 0 Å². The summed E-state index contributed by atoms with van der Waals surface area (Å²) in [6, 6.07) is 16.2. The van der Waals surface area contributed by atoms with Gasteiger partial charge < -0.3 is 9.30 Å². The van der Waals surface area contributed by atoms with Gasteiger partial charge in [0.15, 0.2) is 4.73 Å². The Morgan fingerprint density at radius 2 is 2.00 bits per heavy atom. The molecule has 1 aromatic heterocycles. The molecule has 3 rings (SSSR count). The van der Waals surface area contributed by atoms with Gasteiger partial charge >= 0.3 is 0 Å². The Bertz CT molecular complexity index is 721. The van der Waals surface area contributed by atoms with Crippen molar-refractivity contribution in [1.82, 2.24) is 9.55 Å². The Labute approximate surface area is 120 Å². The number of para-hydroxylation sites is 2. The van der Waals surface area contributed by atoms with Crippen molar-refractivity contribution in [2.24, 2.45) is 0 Å². The third-order valence-electron chi connectivity index (χ3n) is 3.08. The van der Waals surface area contributed by atoms with Crippen LogP contribution in [0.1, 0.15) is 5.56 Å². The summed E-state index contributed by atoms with van der Waals surface area (Å²) >= 11 is 3.52. The van der Waals surface area contributed by atoms with Gasteiger partial charge in [-0.1, -0.05) is 24.3 Å². The standard InChI is InChI=1S/C15H13BrN2O/c1-19-12-6-4-5-11(9-12)10-18-14-8-3-2-7-13(14)17-15(18)16/h2-9H,10H2,1H3. The van der Waals surface area contributed by atoms with Crippen molar-refractivity contribution in [2.45, 2.75) is 6.54 Å². The molecule has 0 saturated carbocycles. The van der Waals surface area contributed by atoms with Crippen molar-refractivity contribution < 1.29 is 4.74 Å². The predicted molar refractivity (Wildman–Crippen MR) is 79.5 cm³/mol. The fourth-order valence-electron chi connectivity index (χ4n) is 2.15. The highest BCUT2D eigenvalue weighted by Gasteiger charge is 2.08. The number of hydrogen-bond donors (Lipinski definition) is 0. The summed E-state index contributed by atoms with van der Waals surface area (Å²) in [5, 5.41) is 0. The summed E-state index contributed by atoms with van der Waals surface area (Å²) in [4.78, 5) is 4.50. The van der Waals surface area contributed by atoms with Crippen LogP contribution in [0.5, 0.6) is 5.75 Å². The highest BCUT2D eigenvalue weighted by molar-refractivity contribution is 9.10. The van der Waals surface area contributed by atoms with Gasteiger partial charge in [-0.25, -0.2) is 4.98 Å². The normalized spacial score (nSPS) is 10.8. The fourth-order valence-corrected chi connectivity index (χ4v) is 2.66. The van der Waals surface area contributed by atoms with Crippen LogP contribution >= 0.6 is 15.9 Å². The minimum atomic E-state index is 0.762. The average Bonchev–Trinajstić information content (AvgIpc) is 2.76. The van der Waals surface area contributed by atoms with Gasteiger partial charge in [0.05, 0.1) is 24.7 Å². The third kappa shape index (κ3) is 2.36. The molecule has 96 valence electrons. The highest BCUT2D eigenvalue weighted by Crippen LogP contribution is 2.22. The number of hydrogen-bond acceptors (Lipinski definition) is 2. The molecule has 0 fully saturated rings. The molecular formula is C15H13BrN2O. The smallest absolute Gasteiger partial charge is 0.178 e. The summed E-state index contributed by atoms with van der Waals surface area (Å²) in [5.74, 6) is 0.873. The number of rotatable bonds is 3. The molecule has 0 N–H and O–H groups in total. The van der Waals surface area contributed by atoms with Crippen molar-refractivity contribution in [1.29, 1.82) is 0 Å². The van der Waals surface area contributed by atoms with Crippen LogP contribution in [0.4, 0.5) is 0 Å². The van der Waals surface area contributed by atoms with E-state index >= 15 is 0 Å².